The lowest BCUT2D eigenvalue weighted by Gasteiger charge is -2.40. The number of nitrogens with two attached hydrogens (primary N) is 2. The van der Waals surface area contributed by atoms with E-state index in [1.165, 1.54) is 17.1 Å². The predicted molar refractivity (Wildman–Crippen MR) is 297 cm³/mol. The lowest BCUT2D eigenvalue weighted by molar-refractivity contribution is -0.192. The lowest BCUT2D eigenvalue weighted by Crippen LogP contribution is -2.57. The van der Waals surface area contributed by atoms with E-state index in [1.807, 2.05) is 51.1 Å². The number of carboxylic acid groups (broad SMARTS) is 2. The first kappa shape index (κ1) is 70.9. The van der Waals surface area contributed by atoms with E-state index in [0.717, 1.165) is 28.7 Å². The number of carbonyl (C=O) groups is 10. The zero-order valence-electron chi connectivity index (χ0n) is 47.9. The van der Waals surface area contributed by atoms with Gasteiger partial charge in [-0.05, 0) is 86.5 Å². The van der Waals surface area contributed by atoms with E-state index in [1.54, 1.807) is 24.6 Å². The molecule has 468 valence electrons. The van der Waals surface area contributed by atoms with Gasteiger partial charge in [0.1, 0.15) is 42.2 Å². The fraction of sp³-hybridized carbons (Fsp3) is 0.518. The molecule has 0 spiro atoms. The lowest BCUT2D eigenvalue weighted by atomic mass is 9.84. The number of primary amides is 1. The highest BCUT2D eigenvalue weighted by Gasteiger charge is 2.40. The van der Waals surface area contributed by atoms with Crippen LogP contribution in [0.4, 0.5) is 26.7 Å². The van der Waals surface area contributed by atoms with Crippen molar-refractivity contribution in [2.75, 3.05) is 32.8 Å². The Balaban J connectivity index is 0.00000253. The summed E-state index contributed by atoms with van der Waals surface area (Å²) in [5.41, 5.74) is 11.6. The highest BCUT2D eigenvalue weighted by atomic mass is 19.4. The zero-order valence-corrected chi connectivity index (χ0v) is 47.9. The molecule has 0 bridgehead atoms. The number of urea groups is 1. The number of hydrogen-bond acceptors (Lipinski definition) is 13. The molecule has 1 aliphatic heterocycles. The molecule has 0 radical (unpaired) electrons. The minimum atomic E-state index is -5.08. The van der Waals surface area contributed by atoms with Crippen molar-refractivity contribution in [2.24, 2.45) is 22.8 Å². The van der Waals surface area contributed by atoms with Crippen molar-refractivity contribution in [1.29, 1.82) is 0 Å². The van der Waals surface area contributed by atoms with E-state index in [2.05, 4.69) is 26.6 Å². The van der Waals surface area contributed by atoms with Crippen molar-refractivity contribution in [3.05, 3.63) is 89.9 Å². The molecule has 5 atom stereocenters. The molecule has 1 aliphatic rings. The number of carboxylic acids is 2. The topological polar surface area (TPSA) is 368 Å². The Hall–Kier alpha value is -8.34. The predicted octanol–water partition coefficient (Wildman–Crippen LogP) is 3.55. The van der Waals surface area contributed by atoms with E-state index >= 15 is 4.39 Å². The van der Waals surface area contributed by atoms with Gasteiger partial charge in [0.15, 0.2) is 0 Å². The van der Waals surface area contributed by atoms with Crippen LogP contribution >= 0.6 is 0 Å². The number of imidazole rings is 1. The van der Waals surface area contributed by atoms with Crippen LogP contribution in [-0.4, -0.2) is 157 Å². The summed E-state index contributed by atoms with van der Waals surface area (Å²) in [4.78, 5) is 131. The Morgan fingerprint density at radius 3 is 1.94 bits per heavy atom. The van der Waals surface area contributed by atoms with E-state index in [-0.39, 0.29) is 88.9 Å². The van der Waals surface area contributed by atoms with Crippen LogP contribution in [0.2, 0.25) is 0 Å². The van der Waals surface area contributed by atoms with Crippen LogP contribution in [0.25, 0.3) is 11.3 Å². The number of aliphatic hydroxyl groups excluding tert-OH is 1. The third-order valence-corrected chi connectivity index (χ3v) is 13.2. The molecule has 3 aromatic rings. The minimum absolute atomic E-state index is 0.0366. The number of benzene rings is 2. The SMILES string of the molecule is CC(C)[C@H](NC(=O)CCCCCN1C(=O)C=CC1=O)C(=O)N[C@@H](CCCNC(N)=O)C(=O)N[C@@H](CCCCNC(=O)[C@@H](N)CCN(C(=O)CO)[C@@H](c1nc(-c2cc(F)ccc2F)cn1Cc1ccccc1)C(C)(C)C)C(=O)O.O=C(O)C(F)(F)F. The molecular weight excluding hydrogens is 1130 g/mol. The molecule has 4 rings (SSSR count). The molecule has 2 heterocycles. The third kappa shape index (κ3) is 23.7. The molecule has 0 fully saturated rings. The molecule has 0 unspecified atom stereocenters. The van der Waals surface area contributed by atoms with Gasteiger partial charge in [-0.15, -0.1) is 0 Å². The molecule has 1 aromatic heterocycles. The smallest absolute Gasteiger partial charge is 0.480 e. The van der Waals surface area contributed by atoms with Crippen LogP contribution < -0.4 is 38.1 Å². The number of rotatable bonds is 32. The van der Waals surface area contributed by atoms with Gasteiger partial charge in [0, 0.05) is 63.1 Å². The van der Waals surface area contributed by atoms with Crippen LogP contribution in [0.15, 0.2) is 66.9 Å². The molecule has 9 amide bonds. The third-order valence-electron chi connectivity index (χ3n) is 13.2. The Kier molecular flexibility index (Phi) is 28.2. The number of nitrogens with one attached hydrogen (secondary N) is 5. The summed E-state index contributed by atoms with van der Waals surface area (Å²) in [7, 11) is 0. The number of nitrogens with zero attached hydrogens (tertiary/aromatic N) is 4. The fourth-order valence-electron chi connectivity index (χ4n) is 8.83. The Morgan fingerprint density at radius 2 is 1.36 bits per heavy atom. The van der Waals surface area contributed by atoms with Gasteiger partial charge >= 0.3 is 24.1 Å². The van der Waals surface area contributed by atoms with Crippen LogP contribution in [0.1, 0.15) is 116 Å². The van der Waals surface area contributed by atoms with E-state index in [4.69, 9.17) is 26.4 Å². The number of unbranched alkanes of at least 4 members (excludes halogenated alkanes) is 3. The summed E-state index contributed by atoms with van der Waals surface area (Å²) in [5, 5.41) is 40.3. The quantitative estimate of drug-likeness (QED) is 0.0243. The van der Waals surface area contributed by atoms with Gasteiger partial charge < -0.3 is 62.8 Å². The standard InChI is InChI=1S/C54H75F2N11O11.C2HF3O2/c1-33(2)46(64-42(69)19-10-7-13-27-66-43(70)22-23-44(66)71)51(75)62-39(18-14-26-60-53(58)78)50(74)63-40(52(76)77)17-11-12-25-59-49(73)38(57)24-28-67(45(72)32-68)47(54(3,4)5)48-61-41(36-29-35(55)20-21-37(36)56)31-65(48)30-34-15-8-6-9-16-34;3-2(4,5)1(6)7/h6,8-9,15-16,20-23,29,31,33,38-40,46-47,68H,7,10-14,17-19,24-28,30,32,57H2,1-5H3,(H,59,73)(H,62,75)(H,63,74)(H,64,69)(H,76,77)(H3,58,60,78);(H,6,7)/t38-,39-,40-,46-,47-;/m0./s1. The van der Waals surface area contributed by atoms with Crippen LogP contribution in [-0.2, 0) is 49.7 Å². The first-order valence-electron chi connectivity index (χ1n) is 27.4. The number of aliphatic hydroxyl groups is 1. The molecule has 0 saturated heterocycles. The first-order valence-corrected chi connectivity index (χ1v) is 27.4. The Labute approximate surface area is 487 Å². The summed E-state index contributed by atoms with van der Waals surface area (Å²) in [6.45, 7) is 8.45. The van der Waals surface area contributed by atoms with Crippen molar-refractivity contribution < 1.29 is 85.2 Å². The van der Waals surface area contributed by atoms with Gasteiger partial charge in [0.05, 0.1) is 17.8 Å². The minimum Gasteiger partial charge on any atom is -0.480 e. The van der Waals surface area contributed by atoms with Gasteiger partial charge in [0.25, 0.3) is 11.8 Å². The summed E-state index contributed by atoms with van der Waals surface area (Å²) < 4.78 is 63.0. The molecule has 24 nitrogen and oxygen atoms in total. The molecule has 85 heavy (non-hydrogen) atoms. The second-order valence-electron chi connectivity index (χ2n) is 21.4. The van der Waals surface area contributed by atoms with Gasteiger partial charge in [-0.3, -0.25) is 38.5 Å². The number of hydrogen-bond donors (Lipinski definition) is 10. The van der Waals surface area contributed by atoms with Crippen molar-refractivity contribution in [1.82, 2.24) is 45.9 Å². The monoisotopic (exact) mass is 1210 g/mol. The van der Waals surface area contributed by atoms with Crippen LogP contribution in [0.5, 0.6) is 0 Å². The van der Waals surface area contributed by atoms with Gasteiger partial charge in [-0.1, -0.05) is 71.4 Å². The second-order valence-corrected chi connectivity index (χ2v) is 21.4. The number of aromatic nitrogens is 2. The number of carbonyl (C=O) groups excluding carboxylic acids is 8. The number of amides is 9. The zero-order chi connectivity index (χ0) is 63.8. The highest BCUT2D eigenvalue weighted by molar-refractivity contribution is 6.12. The summed E-state index contributed by atoms with van der Waals surface area (Å²) in [6, 6.07) is 5.67. The van der Waals surface area contributed by atoms with Crippen molar-refractivity contribution in [3.63, 3.8) is 0 Å². The molecule has 0 saturated carbocycles. The summed E-state index contributed by atoms with van der Waals surface area (Å²) in [6.07, 6.45) is 0.719. The van der Waals surface area contributed by atoms with Gasteiger partial charge in [-0.2, -0.15) is 13.2 Å². The maximum absolute atomic E-state index is 15.1. The Bertz CT molecular complexity index is 2810. The summed E-state index contributed by atoms with van der Waals surface area (Å²) >= 11 is 0. The first-order chi connectivity index (χ1) is 39.8. The second kappa shape index (κ2) is 33.8. The highest BCUT2D eigenvalue weighted by Crippen LogP contribution is 2.40. The van der Waals surface area contributed by atoms with Crippen molar-refractivity contribution in [2.45, 2.75) is 142 Å². The van der Waals surface area contributed by atoms with Gasteiger partial charge in [-0.25, -0.2) is 28.1 Å². The van der Waals surface area contributed by atoms with E-state index in [9.17, 15) is 70.9 Å². The normalized spacial score (nSPS) is 14.1. The van der Waals surface area contributed by atoms with E-state index in [0.29, 0.717) is 25.1 Å². The molecule has 2 aromatic carbocycles. The van der Waals surface area contributed by atoms with Gasteiger partial charge in [0.2, 0.25) is 29.5 Å². The summed E-state index contributed by atoms with van der Waals surface area (Å²) in [5.74, 6) is -9.69. The average Bonchev–Trinajstić information content (AvgIpc) is 2.04. The van der Waals surface area contributed by atoms with Crippen molar-refractivity contribution >= 4 is 59.3 Å². The number of alkyl halides is 3. The molecular formula is C56H76F5N11O13. The molecule has 12 N–H and O–H groups in total. The van der Waals surface area contributed by atoms with Crippen LogP contribution in [0.3, 0.4) is 0 Å². The largest absolute Gasteiger partial charge is 0.490 e. The molecule has 29 heteroatoms. The number of imide groups is 1. The fourth-order valence-corrected chi connectivity index (χ4v) is 8.83. The number of halogens is 5. The maximum atomic E-state index is 15.1. The van der Waals surface area contributed by atoms with Crippen LogP contribution in [0, 0.1) is 23.0 Å². The Morgan fingerprint density at radius 1 is 0.753 bits per heavy atom. The average molecular weight is 1210 g/mol. The maximum Gasteiger partial charge on any atom is 0.490 e. The number of aliphatic carboxylic acids is 2. The van der Waals surface area contributed by atoms with E-state index < -0.39 is 125 Å². The molecule has 0 aliphatic carbocycles. The van der Waals surface area contributed by atoms with Crippen molar-refractivity contribution in [3.8, 4) is 11.3 Å².